The van der Waals surface area contributed by atoms with E-state index in [1.54, 1.807) is 0 Å². The first-order valence-electron chi connectivity index (χ1n) is 12.8. The lowest BCUT2D eigenvalue weighted by Crippen LogP contribution is -2.42. The van der Waals surface area contributed by atoms with Gasteiger partial charge < -0.3 is 27.8 Å². The van der Waals surface area contributed by atoms with Crippen molar-refractivity contribution < 1.29 is 48.1 Å². The quantitative estimate of drug-likeness (QED) is 0.0880. The van der Waals surface area contributed by atoms with Crippen molar-refractivity contribution in [3.05, 3.63) is 0 Å². The van der Waals surface area contributed by atoms with Crippen LogP contribution in [0.15, 0.2) is 0 Å². The van der Waals surface area contributed by atoms with Crippen molar-refractivity contribution in [2.45, 2.75) is 90.0 Å². The van der Waals surface area contributed by atoms with E-state index in [2.05, 4.69) is 77.5 Å². The van der Waals surface area contributed by atoms with Crippen LogP contribution in [0.5, 0.6) is 0 Å². The van der Waals surface area contributed by atoms with Crippen LogP contribution in [-0.4, -0.2) is 105 Å². The van der Waals surface area contributed by atoms with E-state index in [4.69, 9.17) is 38.3 Å². The molecular formula is C24H54O10Si2. The second kappa shape index (κ2) is 17.6. The molecule has 36 heavy (non-hydrogen) atoms. The zero-order valence-electron chi connectivity index (χ0n) is 24.4. The summed E-state index contributed by atoms with van der Waals surface area (Å²) in [5.41, 5.74) is 0. The zero-order valence-corrected chi connectivity index (χ0v) is 26.4. The molecule has 0 rings (SSSR count). The third-order valence-corrected chi connectivity index (χ3v) is 16.0. The van der Waals surface area contributed by atoms with E-state index in [0.717, 1.165) is 0 Å². The predicted octanol–water partition coefficient (Wildman–Crippen LogP) is 4.81. The highest BCUT2D eigenvalue weighted by Gasteiger charge is 2.37. The van der Waals surface area contributed by atoms with Gasteiger partial charge in [-0.1, -0.05) is 41.5 Å². The van der Waals surface area contributed by atoms with Gasteiger partial charge in [-0.05, 0) is 36.3 Å². The van der Waals surface area contributed by atoms with E-state index >= 15 is 0 Å². The summed E-state index contributed by atoms with van der Waals surface area (Å²) >= 11 is 0. The van der Waals surface area contributed by atoms with Crippen molar-refractivity contribution in [1.82, 2.24) is 0 Å². The fourth-order valence-electron chi connectivity index (χ4n) is 2.40. The molecule has 2 atom stereocenters. The highest BCUT2D eigenvalue weighted by atomic mass is 28.4. The van der Waals surface area contributed by atoms with Crippen LogP contribution in [0.1, 0.15) is 41.5 Å². The van der Waals surface area contributed by atoms with Gasteiger partial charge in [0, 0.05) is 0 Å². The summed E-state index contributed by atoms with van der Waals surface area (Å²) in [6.45, 7) is 25.4. The lowest BCUT2D eigenvalue weighted by atomic mass is 10.2. The molecule has 0 spiro atoms. The van der Waals surface area contributed by atoms with Crippen LogP contribution in [0.25, 0.3) is 0 Å². The third kappa shape index (κ3) is 15.4. The number of hydrogen-bond acceptors (Lipinski definition) is 10. The van der Waals surface area contributed by atoms with Crippen LogP contribution in [0.4, 0.5) is 0 Å². The molecule has 0 bridgehead atoms. The van der Waals surface area contributed by atoms with Gasteiger partial charge in [0.25, 0.3) is 0 Å². The van der Waals surface area contributed by atoms with Crippen LogP contribution >= 0.6 is 0 Å². The molecule has 0 saturated carbocycles. The topological polar surface area (TPSA) is 114 Å². The molecule has 218 valence electrons. The first-order valence-corrected chi connectivity index (χ1v) is 18.6. The van der Waals surface area contributed by atoms with Crippen molar-refractivity contribution in [3.63, 3.8) is 0 Å². The van der Waals surface area contributed by atoms with Crippen LogP contribution in [-0.2, 0) is 37.6 Å². The Morgan fingerprint density at radius 3 is 1.33 bits per heavy atom. The number of hydrogen-bond donors (Lipinski definition) is 2. The number of rotatable bonds is 21. The lowest BCUT2D eigenvalue weighted by Gasteiger charge is -2.36. The molecule has 0 radical (unpaired) electrons. The van der Waals surface area contributed by atoms with Gasteiger partial charge in [-0.2, -0.15) is 0 Å². The normalized spacial score (nSPS) is 15.3. The molecule has 10 nitrogen and oxygen atoms in total. The molecule has 2 unspecified atom stereocenters. The Hall–Kier alpha value is 0.0338. The average Bonchev–Trinajstić information content (AvgIpc) is 2.75. The minimum absolute atomic E-state index is 0.0580. The molecular weight excluding hydrogens is 504 g/mol. The molecule has 0 aromatic heterocycles. The van der Waals surface area contributed by atoms with Crippen LogP contribution in [0, 0.1) is 0 Å². The molecule has 0 fully saturated rings. The Labute approximate surface area is 220 Å². The Morgan fingerprint density at radius 2 is 0.944 bits per heavy atom. The second-order valence-electron chi connectivity index (χ2n) is 12.0. The van der Waals surface area contributed by atoms with Crippen molar-refractivity contribution >= 4 is 16.6 Å². The number of ether oxygens (including phenoxy) is 4. The fourth-order valence-corrected chi connectivity index (χ4v) is 4.45. The lowest BCUT2D eigenvalue weighted by molar-refractivity contribution is -0.332. The third-order valence-electron chi connectivity index (χ3n) is 6.90. The predicted molar refractivity (Wildman–Crippen MR) is 145 cm³/mol. The van der Waals surface area contributed by atoms with Gasteiger partial charge in [0.05, 0.1) is 59.5 Å². The standard InChI is InChI=1S/C24H54O10Si2/c1-23(2,3)35(7,8)32-15-13-29-18-21(30-14-16-33-36(9,10)24(4,5)6)17-27-11-12-28-19-22(34-26)20-31-25/h21-22,25-26H,11-20H2,1-10H3. The van der Waals surface area contributed by atoms with Gasteiger partial charge in [-0.25, -0.2) is 9.78 Å². The Kier molecular flexibility index (Phi) is 17.6. The molecule has 0 aromatic rings. The maximum absolute atomic E-state index is 8.69. The first kappa shape index (κ1) is 36.0. The minimum Gasteiger partial charge on any atom is -0.414 e. The Morgan fingerprint density at radius 1 is 0.556 bits per heavy atom. The highest BCUT2D eigenvalue weighted by Crippen LogP contribution is 2.37. The first-order chi connectivity index (χ1) is 16.6. The molecule has 0 heterocycles. The van der Waals surface area contributed by atoms with Crippen molar-refractivity contribution in [2.24, 2.45) is 0 Å². The smallest absolute Gasteiger partial charge is 0.192 e. The minimum atomic E-state index is -1.83. The second-order valence-corrected chi connectivity index (χ2v) is 21.6. The van der Waals surface area contributed by atoms with E-state index in [0.29, 0.717) is 46.2 Å². The molecule has 0 aliphatic carbocycles. The molecule has 0 aromatic carbocycles. The zero-order chi connectivity index (χ0) is 27.9. The van der Waals surface area contributed by atoms with Crippen LogP contribution in [0.2, 0.25) is 36.3 Å². The van der Waals surface area contributed by atoms with Gasteiger partial charge in [0.2, 0.25) is 0 Å². The molecule has 2 N–H and O–H groups in total. The van der Waals surface area contributed by atoms with E-state index in [9.17, 15) is 0 Å². The Bertz CT molecular complexity index is 550. The van der Waals surface area contributed by atoms with Gasteiger partial charge in [-0.3, -0.25) is 10.5 Å². The summed E-state index contributed by atoms with van der Waals surface area (Å²) in [5.74, 6) is 0. The molecule has 0 aliphatic heterocycles. The van der Waals surface area contributed by atoms with Crippen molar-refractivity contribution in [1.29, 1.82) is 0 Å². The van der Waals surface area contributed by atoms with E-state index in [1.165, 1.54) is 0 Å². The van der Waals surface area contributed by atoms with E-state index in [-0.39, 0.29) is 36.0 Å². The summed E-state index contributed by atoms with van der Waals surface area (Å²) in [6, 6.07) is 0. The molecule has 0 saturated heterocycles. The molecule has 0 aliphatic rings. The summed E-state index contributed by atoms with van der Waals surface area (Å²) in [7, 11) is -3.63. The fraction of sp³-hybridized carbons (Fsp3) is 1.00. The van der Waals surface area contributed by atoms with Gasteiger partial charge in [0.1, 0.15) is 18.8 Å². The highest BCUT2D eigenvalue weighted by molar-refractivity contribution is 6.74. The monoisotopic (exact) mass is 558 g/mol. The summed E-state index contributed by atoms with van der Waals surface area (Å²) < 4.78 is 35.3. The average molecular weight is 559 g/mol. The van der Waals surface area contributed by atoms with Gasteiger partial charge in [0.15, 0.2) is 16.6 Å². The largest absolute Gasteiger partial charge is 0.414 e. The van der Waals surface area contributed by atoms with Gasteiger partial charge >= 0.3 is 0 Å². The van der Waals surface area contributed by atoms with Crippen molar-refractivity contribution in [3.8, 4) is 0 Å². The molecule has 12 heteroatoms. The van der Waals surface area contributed by atoms with E-state index in [1.807, 2.05) is 0 Å². The van der Waals surface area contributed by atoms with Gasteiger partial charge in [-0.15, -0.1) is 0 Å². The molecule has 0 amide bonds. The van der Waals surface area contributed by atoms with E-state index < -0.39 is 22.7 Å². The van der Waals surface area contributed by atoms with Crippen molar-refractivity contribution in [2.75, 3.05) is 66.1 Å². The van der Waals surface area contributed by atoms with Crippen LogP contribution in [0.3, 0.4) is 0 Å². The Balaban J connectivity index is 4.49. The maximum atomic E-state index is 8.69. The maximum Gasteiger partial charge on any atom is 0.192 e. The SMILES string of the molecule is CC(C)(C)[Si](C)(C)OCCOCC(COCCOCC(COO)OO)OCCO[Si](C)(C)C(C)(C)C. The summed E-state index contributed by atoms with van der Waals surface area (Å²) in [4.78, 5) is 8.07. The summed E-state index contributed by atoms with van der Waals surface area (Å²) in [5, 5.41) is 17.4. The summed E-state index contributed by atoms with van der Waals surface area (Å²) in [6.07, 6.45) is -1.02. The van der Waals surface area contributed by atoms with Crippen LogP contribution < -0.4 is 0 Å².